The van der Waals surface area contributed by atoms with Gasteiger partial charge in [-0.25, -0.2) is 4.98 Å². The molecule has 4 heteroatoms. The zero-order valence-corrected chi connectivity index (χ0v) is 11.3. The van der Waals surface area contributed by atoms with Crippen LogP contribution in [0.15, 0.2) is 36.5 Å². The van der Waals surface area contributed by atoms with Gasteiger partial charge in [-0.2, -0.15) is 0 Å². The van der Waals surface area contributed by atoms with Crippen LogP contribution in [-0.4, -0.2) is 27.7 Å². The number of benzene rings is 1. The van der Waals surface area contributed by atoms with Gasteiger partial charge in [-0.05, 0) is 25.8 Å². The molecule has 0 fully saturated rings. The molecule has 2 aromatic rings. The molecule has 1 aromatic heterocycles. The highest BCUT2D eigenvalue weighted by Gasteiger charge is 2.11. The molecule has 0 saturated carbocycles. The minimum Gasteiger partial charge on any atom is -0.394 e. The average molecular weight is 257 g/mol. The fourth-order valence-electron chi connectivity index (χ4n) is 1.93. The molecule has 4 nitrogen and oxygen atoms in total. The van der Waals surface area contributed by atoms with E-state index in [1.165, 1.54) is 5.56 Å². The van der Waals surface area contributed by atoms with Crippen molar-refractivity contribution in [1.29, 1.82) is 0 Å². The zero-order chi connectivity index (χ0) is 13.7. The van der Waals surface area contributed by atoms with Gasteiger partial charge in [0.25, 0.3) is 0 Å². The molecule has 0 spiro atoms. The molecule has 1 aromatic carbocycles. The smallest absolute Gasteiger partial charge is 0.148 e. The standard InChI is InChI=1S/C15H19N3O/c1-11-9-16-12(2)15(17-11)18-14(10-19)8-13-6-4-3-5-7-13/h3-7,9,14,19H,8,10H2,1-2H3,(H,17,18). The van der Waals surface area contributed by atoms with Gasteiger partial charge < -0.3 is 10.4 Å². The molecule has 0 radical (unpaired) electrons. The van der Waals surface area contributed by atoms with E-state index in [1.54, 1.807) is 6.20 Å². The van der Waals surface area contributed by atoms with Gasteiger partial charge in [-0.15, -0.1) is 0 Å². The largest absolute Gasteiger partial charge is 0.394 e. The van der Waals surface area contributed by atoms with Gasteiger partial charge in [0.2, 0.25) is 0 Å². The van der Waals surface area contributed by atoms with Crippen molar-refractivity contribution >= 4 is 5.82 Å². The third kappa shape index (κ3) is 3.76. The number of hydrogen-bond donors (Lipinski definition) is 2. The van der Waals surface area contributed by atoms with Crippen molar-refractivity contribution in [3.8, 4) is 0 Å². The molecule has 0 amide bonds. The maximum atomic E-state index is 9.50. The van der Waals surface area contributed by atoms with Crippen LogP contribution in [0.4, 0.5) is 5.82 Å². The van der Waals surface area contributed by atoms with Gasteiger partial charge in [0.05, 0.1) is 24.0 Å². The lowest BCUT2D eigenvalue weighted by atomic mass is 10.1. The number of nitrogens with one attached hydrogen (secondary N) is 1. The Hall–Kier alpha value is -1.94. The lowest BCUT2D eigenvalue weighted by Gasteiger charge is -2.18. The molecular formula is C15H19N3O. The van der Waals surface area contributed by atoms with Crippen LogP contribution in [0.1, 0.15) is 17.0 Å². The Morgan fingerprint density at radius 2 is 1.95 bits per heavy atom. The second-order valence-electron chi connectivity index (χ2n) is 4.66. The molecule has 0 aliphatic rings. The fourth-order valence-corrected chi connectivity index (χ4v) is 1.93. The summed E-state index contributed by atoms with van der Waals surface area (Å²) in [6.45, 7) is 3.87. The van der Waals surface area contributed by atoms with Crippen molar-refractivity contribution in [2.75, 3.05) is 11.9 Å². The van der Waals surface area contributed by atoms with Gasteiger partial charge in [-0.1, -0.05) is 30.3 Å². The molecule has 0 aliphatic heterocycles. The SMILES string of the molecule is Cc1cnc(C)c(NC(CO)Cc2ccccc2)n1. The molecule has 100 valence electrons. The van der Waals surface area contributed by atoms with E-state index in [0.717, 1.165) is 23.6 Å². The van der Waals surface area contributed by atoms with E-state index in [9.17, 15) is 5.11 Å². The molecule has 2 N–H and O–H groups in total. The summed E-state index contributed by atoms with van der Waals surface area (Å²) in [7, 11) is 0. The summed E-state index contributed by atoms with van der Waals surface area (Å²) in [5.74, 6) is 0.745. The van der Waals surface area contributed by atoms with E-state index < -0.39 is 0 Å². The van der Waals surface area contributed by atoms with Crippen molar-refractivity contribution < 1.29 is 5.11 Å². The molecular weight excluding hydrogens is 238 g/mol. The quantitative estimate of drug-likeness (QED) is 0.861. The van der Waals surface area contributed by atoms with Gasteiger partial charge in [0, 0.05) is 6.20 Å². The molecule has 0 bridgehead atoms. The van der Waals surface area contributed by atoms with Crippen LogP contribution in [0, 0.1) is 13.8 Å². The summed E-state index contributed by atoms with van der Waals surface area (Å²) in [5.41, 5.74) is 2.90. The van der Waals surface area contributed by atoms with E-state index >= 15 is 0 Å². The first-order valence-corrected chi connectivity index (χ1v) is 6.40. The van der Waals surface area contributed by atoms with Gasteiger partial charge in [0.1, 0.15) is 5.82 Å². The Bertz CT molecular complexity index is 528. The first-order valence-electron chi connectivity index (χ1n) is 6.40. The van der Waals surface area contributed by atoms with Crippen LogP contribution in [-0.2, 0) is 6.42 Å². The second kappa shape index (κ2) is 6.29. The highest BCUT2D eigenvalue weighted by molar-refractivity contribution is 5.41. The predicted molar refractivity (Wildman–Crippen MR) is 76.1 cm³/mol. The van der Waals surface area contributed by atoms with Crippen molar-refractivity contribution in [3.63, 3.8) is 0 Å². The lowest BCUT2D eigenvalue weighted by Crippen LogP contribution is -2.27. The van der Waals surface area contributed by atoms with Gasteiger partial charge >= 0.3 is 0 Å². The van der Waals surface area contributed by atoms with Crippen LogP contribution >= 0.6 is 0 Å². The molecule has 1 heterocycles. The third-order valence-corrected chi connectivity index (χ3v) is 2.96. The van der Waals surface area contributed by atoms with Gasteiger partial charge in [-0.3, -0.25) is 4.98 Å². The van der Waals surface area contributed by atoms with Crippen LogP contribution in [0.5, 0.6) is 0 Å². The normalized spacial score (nSPS) is 12.2. The molecule has 1 unspecified atom stereocenters. The number of rotatable bonds is 5. The Morgan fingerprint density at radius 3 is 2.63 bits per heavy atom. The van der Waals surface area contributed by atoms with Crippen molar-refractivity contribution in [3.05, 3.63) is 53.5 Å². The maximum absolute atomic E-state index is 9.50. The van der Waals surface area contributed by atoms with Gasteiger partial charge in [0.15, 0.2) is 0 Å². The topological polar surface area (TPSA) is 58.0 Å². The lowest BCUT2D eigenvalue weighted by molar-refractivity contribution is 0.273. The molecule has 0 aliphatic carbocycles. The molecule has 1 atom stereocenters. The number of aliphatic hydroxyl groups excluding tert-OH is 1. The van der Waals surface area contributed by atoms with Crippen LogP contribution in [0.2, 0.25) is 0 Å². The monoisotopic (exact) mass is 257 g/mol. The maximum Gasteiger partial charge on any atom is 0.148 e. The first kappa shape index (κ1) is 13.5. The van der Waals surface area contributed by atoms with E-state index in [-0.39, 0.29) is 12.6 Å². The van der Waals surface area contributed by atoms with Crippen molar-refractivity contribution in [1.82, 2.24) is 9.97 Å². The minimum atomic E-state index is -0.0581. The van der Waals surface area contributed by atoms with Crippen molar-refractivity contribution in [2.45, 2.75) is 26.3 Å². The Balaban J connectivity index is 2.09. The number of aromatic nitrogens is 2. The fraction of sp³-hybridized carbons (Fsp3) is 0.333. The first-order chi connectivity index (χ1) is 9.19. The molecule has 0 saturated heterocycles. The minimum absolute atomic E-state index is 0.0581. The number of hydrogen-bond acceptors (Lipinski definition) is 4. The Morgan fingerprint density at radius 1 is 1.21 bits per heavy atom. The summed E-state index contributed by atoms with van der Waals surface area (Å²) in [6.07, 6.45) is 2.50. The third-order valence-electron chi connectivity index (χ3n) is 2.96. The second-order valence-corrected chi connectivity index (χ2v) is 4.66. The summed E-state index contributed by atoms with van der Waals surface area (Å²) < 4.78 is 0. The zero-order valence-electron chi connectivity index (χ0n) is 11.3. The number of nitrogens with zero attached hydrogens (tertiary/aromatic N) is 2. The van der Waals surface area contributed by atoms with Crippen LogP contribution in [0.3, 0.4) is 0 Å². The predicted octanol–water partition coefficient (Wildman–Crippen LogP) is 2.11. The van der Waals surface area contributed by atoms with Crippen LogP contribution in [0.25, 0.3) is 0 Å². The van der Waals surface area contributed by atoms with E-state index in [1.807, 2.05) is 32.0 Å². The summed E-state index contributed by atoms with van der Waals surface area (Å²) in [5, 5.41) is 12.8. The highest BCUT2D eigenvalue weighted by Crippen LogP contribution is 2.12. The summed E-state index contributed by atoms with van der Waals surface area (Å²) in [6, 6.07) is 10.0. The van der Waals surface area contributed by atoms with E-state index in [2.05, 4.69) is 27.4 Å². The molecule has 19 heavy (non-hydrogen) atoms. The van der Waals surface area contributed by atoms with Crippen molar-refractivity contribution in [2.24, 2.45) is 0 Å². The Labute approximate surface area is 113 Å². The summed E-state index contributed by atoms with van der Waals surface area (Å²) in [4.78, 5) is 8.68. The molecule has 2 rings (SSSR count). The number of anilines is 1. The van der Waals surface area contributed by atoms with E-state index in [0.29, 0.717) is 0 Å². The highest BCUT2D eigenvalue weighted by atomic mass is 16.3. The summed E-state index contributed by atoms with van der Waals surface area (Å²) >= 11 is 0. The number of aryl methyl sites for hydroxylation is 2. The van der Waals surface area contributed by atoms with Crippen LogP contribution < -0.4 is 5.32 Å². The Kier molecular flexibility index (Phi) is 4.47. The average Bonchev–Trinajstić information content (AvgIpc) is 2.43. The van der Waals surface area contributed by atoms with E-state index in [4.69, 9.17) is 0 Å². The number of aliphatic hydroxyl groups is 1.